The van der Waals surface area contributed by atoms with Gasteiger partial charge in [0, 0.05) is 11.6 Å². The largest absolute Gasteiger partial charge is 0.256 e. The third-order valence-corrected chi connectivity index (χ3v) is 16.1. The molecule has 77 heavy (non-hydrogen) atoms. The Morgan fingerprint density at radius 3 is 1.56 bits per heavy atom. The Hall–Kier alpha value is -8.39. The molecule has 2 aliphatic rings. The van der Waals surface area contributed by atoms with Crippen molar-refractivity contribution in [3.8, 4) is 0 Å². The van der Waals surface area contributed by atoms with Crippen LogP contribution in [0.5, 0.6) is 0 Å². The molecular weight excluding hydrogens is 927 g/mol. The van der Waals surface area contributed by atoms with Crippen molar-refractivity contribution in [3.63, 3.8) is 0 Å². The molecule has 0 spiro atoms. The van der Waals surface area contributed by atoms with Gasteiger partial charge in [0.25, 0.3) is 0 Å². The van der Waals surface area contributed by atoms with Crippen molar-refractivity contribution < 1.29 is 0 Å². The van der Waals surface area contributed by atoms with Gasteiger partial charge in [-0.15, -0.1) is 0 Å². The summed E-state index contributed by atoms with van der Waals surface area (Å²) in [6.45, 7) is 24.0. The maximum Gasteiger partial charge on any atom is 0.0702 e. The lowest BCUT2D eigenvalue weighted by Gasteiger charge is -2.24. The van der Waals surface area contributed by atoms with Gasteiger partial charge in [-0.1, -0.05) is 205 Å². The van der Waals surface area contributed by atoms with Gasteiger partial charge in [-0.2, -0.15) is 0 Å². The summed E-state index contributed by atoms with van der Waals surface area (Å²) in [6, 6.07) is 68.5. The number of benzene rings is 11. The third kappa shape index (κ3) is 12.0. The molecule has 1 aromatic heterocycles. The molecule has 0 aliphatic heterocycles. The summed E-state index contributed by atoms with van der Waals surface area (Å²) in [4.78, 5) is 4.22. The van der Waals surface area contributed by atoms with Crippen molar-refractivity contribution in [2.45, 2.75) is 89.0 Å². The number of pyridine rings is 1. The number of allylic oxidation sites excluding steroid dienone is 3. The lowest BCUT2D eigenvalue weighted by Crippen LogP contribution is -2.04. The summed E-state index contributed by atoms with van der Waals surface area (Å²) < 4.78 is 0. The molecule has 1 nitrogen and oxygen atoms in total. The van der Waals surface area contributed by atoms with Gasteiger partial charge in [0.15, 0.2) is 0 Å². The zero-order chi connectivity index (χ0) is 54.2. The standard InChI is InChI=1S/C17H14.C15H12.C12H18.2C11H10.C10H9N/c1-11-5-6-14-8-7-12-3-2-4-13-9-10-15(11)17(14)16(12)13;1-11-10-12-6-2-3-8-14(12)15-9-5-4-7-13(11)15;1-7-8(2)10(4)12(6)11(5)9(7)3;1-9-5-4-7-10-6-2-3-8-11(9)10;1-9-6-7-10-4-2-3-5-11(10)8-9;1-8-4-5-10-9(7-8)3-2-6-11-10/h2-3,5-9H,4,10H2,1H3;2-10H,1H3;1-6H3;2*2-8H,1H3;2-7H,1H3. The highest BCUT2D eigenvalue weighted by Gasteiger charge is 2.20. The van der Waals surface area contributed by atoms with E-state index in [1.54, 1.807) is 0 Å². The van der Waals surface area contributed by atoms with Crippen molar-refractivity contribution in [2.24, 2.45) is 0 Å². The normalized spacial score (nSPS) is 11.8. The van der Waals surface area contributed by atoms with E-state index < -0.39 is 0 Å². The molecular formula is C76H73N. The minimum atomic E-state index is 1.07. The van der Waals surface area contributed by atoms with E-state index in [0.717, 1.165) is 18.4 Å². The topological polar surface area (TPSA) is 12.9 Å². The molecule has 0 saturated heterocycles. The molecule has 1 heteroatoms. The highest BCUT2D eigenvalue weighted by Crippen LogP contribution is 2.41. The molecule has 11 aromatic carbocycles. The molecule has 0 saturated carbocycles. The predicted molar refractivity (Wildman–Crippen MR) is 339 cm³/mol. The predicted octanol–water partition coefficient (Wildman–Crippen LogP) is 21.2. The first kappa shape index (κ1) is 53.4. The summed E-state index contributed by atoms with van der Waals surface area (Å²) in [5, 5.41) is 14.8. The van der Waals surface area contributed by atoms with Crippen LogP contribution in [0.1, 0.15) is 84.3 Å². The van der Waals surface area contributed by atoms with Gasteiger partial charge in [0.05, 0.1) is 5.52 Å². The van der Waals surface area contributed by atoms with Crippen LogP contribution in [0.4, 0.5) is 0 Å². The van der Waals surface area contributed by atoms with Crippen LogP contribution in [0.25, 0.3) is 76.4 Å². The highest BCUT2D eigenvalue weighted by molar-refractivity contribution is 6.09. The number of nitrogens with zero attached hydrogens (tertiary/aromatic N) is 1. The fraction of sp³-hybridized carbons (Fsp3) is 0.171. The van der Waals surface area contributed by atoms with Gasteiger partial charge in [-0.05, 0) is 233 Å². The minimum absolute atomic E-state index is 1.07. The number of aryl methyl sites for hydroxylation is 5. The van der Waals surface area contributed by atoms with Crippen LogP contribution in [0, 0.1) is 76.2 Å². The lowest BCUT2D eigenvalue weighted by atomic mass is 9.80. The quantitative estimate of drug-likeness (QED) is 0.138. The van der Waals surface area contributed by atoms with Crippen molar-refractivity contribution in [3.05, 3.63) is 290 Å². The molecule has 0 amide bonds. The second-order valence-electron chi connectivity index (χ2n) is 21.1. The molecule has 1 heterocycles. The highest BCUT2D eigenvalue weighted by atomic mass is 14.6. The Morgan fingerprint density at radius 1 is 0.338 bits per heavy atom. The second kappa shape index (κ2) is 24.1. The summed E-state index contributed by atoms with van der Waals surface area (Å²) in [5.74, 6) is 0. The molecule has 0 bridgehead atoms. The molecule has 14 rings (SSSR count). The Kier molecular flexibility index (Phi) is 16.7. The Morgan fingerprint density at radius 2 is 0.870 bits per heavy atom. The van der Waals surface area contributed by atoms with Crippen molar-refractivity contribution >= 4 is 76.4 Å². The zero-order valence-corrected chi connectivity index (χ0v) is 47.1. The van der Waals surface area contributed by atoms with Crippen LogP contribution in [-0.4, -0.2) is 4.98 Å². The van der Waals surface area contributed by atoms with E-state index in [1.807, 2.05) is 18.3 Å². The second-order valence-corrected chi connectivity index (χ2v) is 21.1. The number of hydrogen-bond donors (Lipinski definition) is 0. The van der Waals surface area contributed by atoms with Crippen LogP contribution >= 0.6 is 0 Å². The van der Waals surface area contributed by atoms with Crippen LogP contribution < -0.4 is 0 Å². The Labute approximate surface area is 458 Å². The first-order chi connectivity index (χ1) is 37.3. The van der Waals surface area contributed by atoms with E-state index in [4.69, 9.17) is 0 Å². The van der Waals surface area contributed by atoms with E-state index in [9.17, 15) is 0 Å². The van der Waals surface area contributed by atoms with E-state index in [1.165, 1.54) is 143 Å². The average Bonchev–Trinajstić information content (AvgIpc) is 3.51. The fourth-order valence-electron chi connectivity index (χ4n) is 11.0. The summed E-state index contributed by atoms with van der Waals surface area (Å²) >= 11 is 0. The van der Waals surface area contributed by atoms with Gasteiger partial charge in [0.1, 0.15) is 0 Å². The number of hydrogen-bond acceptors (Lipinski definition) is 1. The van der Waals surface area contributed by atoms with Crippen molar-refractivity contribution in [1.82, 2.24) is 4.98 Å². The maximum atomic E-state index is 4.22. The van der Waals surface area contributed by atoms with E-state index in [2.05, 4.69) is 281 Å². The van der Waals surface area contributed by atoms with Crippen molar-refractivity contribution in [2.75, 3.05) is 0 Å². The smallest absolute Gasteiger partial charge is 0.0702 e. The van der Waals surface area contributed by atoms with Gasteiger partial charge < -0.3 is 0 Å². The van der Waals surface area contributed by atoms with Crippen LogP contribution in [-0.2, 0) is 6.42 Å². The molecule has 12 aromatic rings. The monoisotopic (exact) mass is 1000 g/mol. The minimum Gasteiger partial charge on any atom is -0.256 e. The first-order valence-corrected chi connectivity index (χ1v) is 27.3. The molecule has 2 aliphatic carbocycles. The lowest BCUT2D eigenvalue weighted by molar-refractivity contribution is 1.13. The van der Waals surface area contributed by atoms with Crippen molar-refractivity contribution in [1.29, 1.82) is 0 Å². The third-order valence-electron chi connectivity index (χ3n) is 16.1. The zero-order valence-electron chi connectivity index (χ0n) is 47.1. The molecule has 0 unspecified atom stereocenters. The Bertz CT molecular complexity index is 3970. The summed E-state index contributed by atoms with van der Waals surface area (Å²) in [7, 11) is 0. The number of rotatable bonds is 0. The van der Waals surface area contributed by atoms with Gasteiger partial charge in [0.2, 0.25) is 0 Å². The van der Waals surface area contributed by atoms with Gasteiger partial charge in [-0.25, -0.2) is 0 Å². The molecule has 0 N–H and O–H groups in total. The molecule has 0 radical (unpaired) electrons. The summed E-state index contributed by atoms with van der Waals surface area (Å²) in [5.41, 5.74) is 22.5. The van der Waals surface area contributed by atoms with Gasteiger partial charge >= 0.3 is 0 Å². The van der Waals surface area contributed by atoms with E-state index in [-0.39, 0.29) is 0 Å². The molecule has 0 atom stereocenters. The Balaban J connectivity index is 0.000000114. The number of fused-ring (bicyclic) bond motifs is 6. The SMILES string of the molecule is Cc1c(C)c(C)c(C)c(C)c1C.Cc1cc2ccccc2c2ccccc12.Cc1ccc2ccc3c4c2c1CC=C4CC=C3.Cc1ccc2ccccc2c1.Cc1ccc2ncccc2c1.Cc1cccc2ccccc12. The van der Waals surface area contributed by atoms with Crippen LogP contribution in [0.2, 0.25) is 0 Å². The van der Waals surface area contributed by atoms with E-state index >= 15 is 0 Å². The number of aromatic nitrogens is 1. The molecule has 382 valence electrons. The summed E-state index contributed by atoms with van der Waals surface area (Å²) in [6.07, 6.45) is 11.0. The average molecular weight is 1000 g/mol. The van der Waals surface area contributed by atoms with Gasteiger partial charge in [-0.3, -0.25) is 4.98 Å². The van der Waals surface area contributed by atoms with Crippen LogP contribution in [0.15, 0.2) is 212 Å². The van der Waals surface area contributed by atoms with E-state index in [0.29, 0.717) is 0 Å². The van der Waals surface area contributed by atoms with Crippen LogP contribution in [0.3, 0.4) is 0 Å². The first-order valence-electron chi connectivity index (χ1n) is 27.3. The molecule has 0 fully saturated rings. The fourth-order valence-corrected chi connectivity index (χ4v) is 11.0. The maximum absolute atomic E-state index is 4.22.